The summed E-state index contributed by atoms with van der Waals surface area (Å²) >= 11 is 0. The molecule has 0 fully saturated rings. The zero-order chi connectivity index (χ0) is 15.9. The molecule has 0 aliphatic carbocycles. The molecule has 1 amide bonds. The van der Waals surface area contributed by atoms with E-state index in [2.05, 4.69) is 22.9 Å². The van der Waals surface area contributed by atoms with Crippen molar-refractivity contribution < 1.29 is 14.3 Å². The molecular weight excluding hydrogens is 280 g/mol. The third kappa shape index (κ3) is 4.01. The van der Waals surface area contributed by atoms with Crippen LogP contribution < -0.4 is 14.8 Å². The highest BCUT2D eigenvalue weighted by atomic mass is 16.5. The second-order valence-electron chi connectivity index (χ2n) is 5.34. The van der Waals surface area contributed by atoms with Gasteiger partial charge >= 0.3 is 0 Å². The molecule has 1 N–H and O–H groups in total. The first-order valence-corrected chi connectivity index (χ1v) is 7.51. The maximum atomic E-state index is 11.7. The van der Waals surface area contributed by atoms with Crippen molar-refractivity contribution in [1.82, 2.24) is 10.2 Å². The van der Waals surface area contributed by atoms with E-state index in [0.717, 1.165) is 37.6 Å². The van der Waals surface area contributed by atoms with Gasteiger partial charge in [0.25, 0.3) is 0 Å². The van der Waals surface area contributed by atoms with Gasteiger partial charge in [-0.15, -0.1) is 6.58 Å². The Hall–Kier alpha value is -2.01. The van der Waals surface area contributed by atoms with Crippen molar-refractivity contribution in [1.29, 1.82) is 0 Å². The van der Waals surface area contributed by atoms with Crippen molar-refractivity contribution in [2.75, 3.05) is 33.9 Å². The first-order valence-electron chi connectivity index (χ1n) is 7.51. The van der Waals surface area contributed by atoms with Gasteiger partial charge in [-0.05, 0) is 29.7 Å². The molecule has 0 atom stereocenters. The lowest BCUT2D eigenvalue weighted by Crippen LogP contribution is -2.34. The molecule has 0 aromatic heterocycles. The molecular formula is C17H24N2O3. The number of nitrogens with one attached hydrogen (secondary N) is 1. The maximum Gasteiger partial charge on any atom is 0.221 e. The summed E-state index contributed by atoms with van der Waals surface area (Å²) in [6, 6.07) is 4.10. The van der Waals surface area contributed by atoms with Crippen LogP contribution in [-0.4, -0.2) is 44.7 Å². The first-order chi connectivity index (χ1) is 10.7. The first kappa shape index (κ1) is 16.4. The van der Waals surface area contributed by atoms with Crippen molar-refractivity contribution in [3.63, 3.8) is 0 Å². The molecule has 5 nitrogen and oxygen atoms in total. The van der Waals surface area contributed by atoms with Gasteiger partial charge in [0.15, 0.2) is 11.5 Å². The van der Waals surface area contributed by atoms with Gasteiger partial charge in [0.2, 0.25) is 5.91 Å². The largest absolute Gasteiger partial charge is 0.493 e. The van der Waals surface area contributed by atoms with Gasteiger partial charge in [-0.1, -0.05) is 6.08 Å². The summed E-state index contributed by atoms with van der Waals surface area (Å²) in [6.07, 6.45) is 3.16. The number of ether oxygens (including phenoxy) is 2. The lowest BCUT2D eigenvalue weighted by Gasteiger charge is -2.29. The molecule has 0 saturated carbocycles. The number of fused-ring (bicyclic) bond motifs is 1. The minimum atomic E-state index is 0.0676. The van der Waals surface area contributed by atoms with Crippen LogP contribution in [0.25, 0.3) is 0 Å². The average Bonchev–Trinajstić information content (AvgIpc) is 2.56. The van der Waals surface area contributed by atoms with Gasteiger partial charge in [-0.25, -0.2) is 0 Å². The highest BCUT2D eigenvalue weighted by molar-refractivity contribution is 5.76. The van der Waals surface area contributed by atoms with Crippen molar-refractivity contribution in [2.45, 2.75) is 19.4 Å². The van der Waals surface area contributed by atoms with Crippen LogP contribution >= 0.6 is 0 Å². The average molecular weight is 304 g/mol. The standard InChI is InChI=1S/C17H24N2O3/c1-4-7-18-17(20)6-9-19-8-5-13-10-15(21-2)16(22-3)11-14(13)12-19/h4,10-11H,1,5-9,12H2,2-3H3,(H,18,20). The van der Waals surface area contributed by atoms with E-state index in [1.807, 2.05) is 6.07 Å². The summed E-state index contributed by atoms with van der Waals surface area (Å²) in [5, 5.41) is 2.80. The number of amides is 1. The SMILES string of the molecule is C=CCNC(=O)CCN1CCc2cc(OC)c(OC)cc2C1. The molecule has 1 aliphatic heterocycles. The van der Waals surface area contributed by atoms with Crippen LogP contribution in [0.1, 0.15) is 17.5 Å². The van der Waals surface area contributed by atoms with E-state index in [0.29, 0.717) is 13.0 Å². The number of hydrogen-bond acceptors (Lipinski definition) is 4. The molecule has 0 unspecified atom stereocenters. The van der Waals surface area contributed by atoms with Crippen LogP contribution in [0.2, 0.25) is 0 Å². The minimum Gasteiger partial charge on any atom is -0.493 e. The third-order valence-corrected chi connectivity index (χ3v) is 3.90. The second kappa shape index (κ2) is 7.84. The Morgan fingerprint density at radius 2 is 2.00 bits per heavy atom. The molecule has 0 bridgehead atoms. The molecule has 0 saturated heterocycles. The summed E-state index contributed by atoms with van der Waals surface area (Å²) in [6.45, 7) is 6.67. The van der Waals surface area contributed by atoms with Gasteiger partial charge in [0.1, 0.15) is 0 Å². The van der Waals surface area contributed by atoms with Crippen molar-refractivity contribution in [3.05, 3.63) is 35.9 Å². The van der Waals surface area contributed by atoms with Gasteiger partial charge < -0.3 is 14.8 Å². The van der Waals surface area contributed by atoms with E-state index in [1.54, 1.807) is 20.3 Å². The fraction of sp³-hybridized carbons (Fsp3) is 0.471. The number of carbonyl (C=O) groups excluding carboxylic acids is 1. The topological polar surface area (TPSA) is 50.8 Å². The molecule has 0 radical (unpaired) electrons. The Kier molecular flexibility index (Phi) is 5.83. The molecule has 22 heavy (non-hydrogen) atoms. The quantitative estimate of drug-likeness (QED) is 0.780. The Balaban J connectivity index is 1.96. The Labute approximate surface area is 131 Å². The highest BCUT2D eigenvalue weighted by Crippen LogP contribution is 2.33. The number of methoxy groups -OCH3 is 2. The Bertz CT molecular complexity index is 543. The summed E-state index contributed by atoms with van der Waals surface area (Å²) in [7, 11) is 3.30. The van der Waals surface area contributed by atoms with E-state index in [9.17, 15) is 4.79 Å². The molecule has 2 rings (SSSR count). The summed E-state index contributed by atoms with van der Waals surface area (Å²) < 4.78 is 10.7. The van der Waals surface area contributed by atoms with Crippen LogP contribution in [0, 0.1) is 0 Å². The van der Waals surface area contributed by atoms with Crippen molar-refractivity contribution >= 4 is 5.91 Å². The van der Waals surface area contributed by atoms with Crippen LogP contribution in [0.4, 0.5) is 0 Å². The van der Waals surface area contributed by atoms with Gasteiger partial charge in [0.05, 0.1) is 14.2 Å². The number of nitrogens with zero attached hydrogens (tertiary/aromatic N) is 1. The molecule has 1 aromatic carbocycles. The number of carbonyl (C=O) groups is 1. The normalized spacial score (nSPS) is 14.1. The number of hydrogen-bond donors (Lipinski definition) is 1. The van der Waals surface area contributed by atoms with E-state index in [1.165, 1.54) is 11.1 Å². The molecule has 0 spiro atoms. The number of rotatable bonds is 7. The summed E-state index contributed by atoms with van der Waals surface area (Å²) in [5.74, 6) is 1.60. The summed E-state index contributed by atoms with van der Waals surface area (Å²) in [5.41, 5.74) is 2.54. The second-order valence-corrected chi connectivity index (χ2v) is 5.34. The predicted molar refractivity (Wildman–Crippen MR) is 86.4 cm³/mol. The molecule has 5 heteroatoms. The molecule has 120 valence electrons. The van der Waals surface area contributed by atoms with Gasteiger partial charge in [0, 0.05) is 32.6 Å². The maximum absolute atomic E-state index is 11.7. The molecule has 1 heterocycles. The Morgan fingerprint density at radius 3 is 2.64 bits per heavy atom. The van der Waals surface area contributed by atoms with Crippen LogP contribution in [0.3, 0.4) is 0 Å². The lowest BCUT2D eigenvalue weighted by atomic mass is 9.98. The lowest BCUT2D eigenvalue weighted by molar-refractivity contribution is -0.121. The summed E-state index contributed by atoms with van der Waals surface area (Å²) in [4.78, 5) is 13.9. The van der Waals surface area contributed by atoms with Crippen LogP contribution in [0.5, 0.6) is 11.5 Å². The Morgan fingerprint density at radius 1 is 1.32 bits per heavy atom. The van der Waals surface area contributed by atoms with E-state index in [4.69, 9.17) is 9.47 Å². The van der Waals surface area contributed by atoms with E-state index < -0.39 is 0 Å². The zero-order valence-corrected chi connectivity index (χ0v) is 13.4. The fourth-order valence-electron chi connectivity index (χ4n) is 2.67. The predicted octanol–water partition coefficient (Wildman–Crippen LogP) is 1.75. The van der Waals surface area contributed by atoms with E-state index in [-0.39, 0.29) is 5.91 Å². The zero-order valence-electron chi connectivity index (χ0n) is 13.4. The third-order valence-electron chi connectivity index (χ3n) is 3.90. The minimum absolute atomic E-state index is 0.0676. The van der Waals surface area contributed by atoms with Crippen molar-refractivity contribution in [3.8, 4) is 11.5 Å². The smallest absolute Gasteiger partial charge is 0.221 e. The van der Waals surface area contributed by atoms with Crippen molar-refractivity contribution in [2.24, 2.45) is 0 Å². The van der Waals surface area contributed by atoms with Crippen LogP contribution in [0.15, 0.2) is 24.8 Å². The number of benzene rings is 1. The molecule has 1 aromatic rings. The van der Waals surface area contributed by atoms with Gasteiger partial charge in [-0.3, -0.25) is 9.69 Å². The molecule has 1 aliphatic rings. The van der Waals surface area contributed by atoms with Crippen LogP contribution in [-0.2, 0) is 17.8 Å². The monoisotopic (exact) mass is 304 g/mol. The van der Waals surface area contributed by atoms with Gasteiger partial charge in [-0.2, -0.15) is 0 Å². The highest BCUT2D eigenvalue weighted by Gasteiger charge is 2.19. The van der Waals surface area contributed by atoms with E-state index >= 15 is 0 Å². The fourth-order valence-corrected chi connectivity index (χ4v) is 2.67.